The number of rotatable bonds is 4. The predicted molar refractivity (Wildman–Crippen MR) is 121 cm³/mol. The second-order valence-electron chi connectivity index (χ2n) is 10.5. The van der Waals surface area contributed by atoms with Gasteiger partial charge in [-0.1, -0.05) is 46.1 Å². The van der Waals surface area contributed by atoms with Crippen LogP contribution in [0.2, 0.25) is 0 Å². The molecule has 2 aliphatic heterocycles. The van der Waals surface area contributed by atoms with Gasteiger partial charge < -0.3 is 14.9 Å². The third-order valence-electron chi connectivity index (χ3n) is 8.66. The molecule has 178 valence electrons. The van der Waals surface area contributed by atoms with E-state index in [1.807, 2.05) is 11.8 Å². The molecular formula is C26H38F2N2O2. The first-order chi connectivity index (χ1) is 15.3. The van der Waals surface area contributed by atoms with E-state index in [9.17, 15) is 18.7 Å². The molecular weight excluding hydrogens is 410 g/mol. The van der Waals surface area contributed by atoms with E-state index >= 15 is 0 Å². The zero-order valence-corrected chi connectivity index (χ0v) is 19.7. The topological polar surface area (TPSA) is 43.8 Å². The van der Waals surface area contributed by atoms with Crippen LogP contribution in [0.1, 0.15) is 64.4 Å². The lowest BCUT2D eigenvalue weighted by molar-refractivity contribution is -0.166. The summed E-state index contributed by atoms with van der Waals surface area (Å²) in [6, 6.07) is 3.70. The van der Waals surface area contributed by atoms with Crippen LogP contribution >= 0.6 is 0 Å². The maximum absolute atomic E-state index is 14.6. The Balaban J connectivity index is 1.53. The molecule has 4 nitrogen and oxygen atoms in total. The van der Waals surface area contributed by atoms with Crippen LogP contribution in [0.4, 0.5) is 8.78 Å². The molecule has 3 fully saturated rings. The maximum Gasteiger partial charge on any atom is 0.227 e. The fourth-order valence-electron chi connectivity index (χ4n) is 6.81. The van der Waals surface area contributed by atoms with Crippen LogP contribution in [0, 0.1) is 35.3 Å². The van der Waals surface area contributed by atoms with Crippen LogP contribution in [-0.2, 0) is 4.79 Å². The number of halogens is 2. The van der Waals surface area contributed by atoms with Crippen LogP contribution < -0.4 is 0 Å². The number of likely N-dealkylation sites (N-methyl/N-ethyl adjacent to an activating group) is 1. The van der Waals surface area contributed by atoms with E-state index in [1.165, 1.54) is 31.4 Å². The molecule has 3 unspecified atom stereocenters. The van der Waals surface area contributed by atoms with Crippen molar-refractivity contribution in [3.05, 3.63) is 35.4 Å². The number of hydrogen-bond acceptors (Lipinski definition) is 3. The van der Waals surface area contributed by atoms with Gasteiger partial charge in [0.25, 0.3) is 0 Å². The van der Waals surface area contributed by atoms with Crippen LogP contribution in [-0.4, -0.2) is 59.1 Å². The second-order valence-corrected chi connectivity index (χ2v) is 10.5. The average Bonchev–Trinajstić information content (AvgIpc) is 3.21. The van der Waals surface area contributed by atoms with Crippen LogP contribution in [0.15, 0.2) is 18.2 Å². The van der Waals surface area contributed by atoms with Gasteiger partial charge in [0.1, 0.15) is 11.6 Å². The summed E-state index contributed by atoms with van der Waals surface area (Å²) < 4.78 is 28.1. The maximum atomic E-state index is 14.6. The summed E-state index contributed by atoms with van der Waals surface area (Å²) in [5, 5.41) is 11.7. The first kappa shape index (κ1) is 23.6. The molecule has 6 heteroatoms. The van der Waals surface area contributed by atoms with Gasteiger partial charge in [0.15, 0.2) is 0 Å². The molecule has 1 saturated carbocycles. The molecule has 0 spiro atoms. The van der Waals surface area contributed by atoms with Gasteiger partial charge in [0.05, 0.1) is 11.5 Å². The van der Waals surface area contributed by atoms with Gasteiger partial charge in [-0.25, -0.2) is 8.78 Å². The zero-order chi connectivity index (χ0) is 23.0. The summed E-state index contributed by atoms with van der Waals surface area (Å²) in [5.41, 5.74) is -0.303. The Morgan fingerprint density at radius 3 is 2.31 bits per heavy atom. The summed E-state index contributed by atoms with van der Waals surface area (Å²) in [6.45, 7) is 9.25. The van der Waals surface area contributed by atoms with Gasteiger partial charge in [-0.15, -0.1) is 0 Å². The molecule has 1 N–H and O–H groups in total. The molecule has 1 aromatic carbocycles. The molecule has 32 heavy (non-hydrogen) atoms. The first-order valence-electron chi connectivity index (χ1n) is 12.4. The number of carbonyl (C=O) groups is 1. The first-order valence-corrected chi connectivity index (χ1v) is 12.4. The lowest BCUT2D eigenvalue weighted by atomic mass is 9.63. The highest BCUT2D eigenvalue weighted by Crippen LogP contribution is 2.45. The van der Waals surface area contributed by atoms with E-state index in [0.717, 1.165) is 25.5 Å². The number of benzene rings is 1. The van der Waals surface area contributed by atoms with Crippen molar-refractivity contribution in [2.24, 2.45) is 23.7 Å². The van der Waals surface area contributed by atoms with Crippen molar-refractivity contribution in [2.45, 2.75) is 64.4 Å². The highest BCUT2D eigenvalue weighted by molar-refractivity contribution is 5.81. The molecule has 4 rings (SSSR count). The highest BCUT2D eigenvalue weighted by Gasteiger charge is 2.51. The SMILES string of the molecule is CCN1CC(C(=O)N2CC(C)C(O)(C3CCCCC3)C(C)C2)[C@H](c2ccc(F)cc2F)C1. The predicted octanol–water partition coefficient (Wildman–Crippen LogP) is 4.43. The summed E-state index contributed by atoms with van der Waals surface area (Å²) >= 11 is 0. The van der Waals surface area contributed by atoms with Crippen molar-refractivity contribution < 1.29 is 18.7 Å². The molecule has 1 amide bonds. The van der Waals surface area contributed by atoms with E-state index in [-0.39, 0.29) is 29.6 Å². The largest absolute Gasteiger partial charge is 0.389 e. The smallest absolute Gasteiger partial charge is 0.227 e. The van der Waals surface area contributed by atoms with Crippen molar-refractivity contribution in [2.75, 3.05) is 32.7 Å². The quantitative estimate of drug-likeness (QED) is 0.741. The van der Waals surface area contributed by atoms with Gasteiger partial charge in [-0.2, -0.15) is 0 Å². The monoisotopic (exact) mass is 448 g/mol. The number of likely N-dealkylation sites (tertiary alicyclic amines) is 2. The molecule has 0 radical (unpaired) electrons. The molecule has 2 heterocycles. The van der Waals surface area contributed by atoms with Gasteiger partial charge >= 0.3 is 0 Å². The molecule has 0 bridgehead atoms. The molecule has 1 aromatic rings. The summed E-state index contributed by atoms with van der Waals surface area (Å²) in [4.78, 5) is 17.8. The number of amides is 1. The minimum Gasteiger partial charge on any atom is -0.389 e. The van der Waals surface area contributed by atoms with Crippen molar-refractivity contribution in [1.29, 1.82) is 0 Å². The number of nitrogens with zero attached hydrogens (tertiary/aromatic N) is 2. The van der Waals surface area contributed by atoms with E-state index in [4.69, 9.17) is 0 Å². The minimum absolute atomic E-state index is 0.00277. The van der Waals surface area contributed by atoms with Gasteiger partial charge in [-0.3, -0.25) is 4.79 Å². The fraction of sp³-hybridized carbons (Fsp3) is 0.731. The zero-order valence-electron chi connectivity index (χ0n) is 19.7. The Morgan fingerprint density at radius 2 is 1.72 bits per heavy atom. The molecule has 0 aromatic heterocycles. The van der Waals surface area contributed by atoms with Gasteiger partial charge in [-0.05, 0) is 36.9 Å². The Hall–Kier alpha value is -1.53. The van der Waals surface area contributed by atoms with E-state index in [1.54, 1.807) is 0 Å². The third-order valence-corrected chi connectivity index (χ3v) is 8.66. The van der Waals surface area contributed by atoms with Crippen LogP contribution in [0.3, 0.4) is 0 Å². The summed E-state index contributed by atoms with van der Waals surface area (Å²) in [7, 11) is 0. The number of hydrogen-bond donors (Lipinski definition) is 1. The second kappa shape index (κ2) is 9.38. The fourth-order valence-corrected chi connectivity index (χ4v) is 6.81. The number of aliphatic hydroxyl groups is 1. The normalized spacial score (nSPS) is 34.8. The highest BCUT2D eigenvalue weighted by atomic mass is 19.1. The molecule has 3 aliphatic rings. The molecule has 4 atom stereocenters. The van der Waals surface area contributed by atoms with E-state index < -0.39 is 17.2 Å². The lowest BCUT2D eigenvalue weighted by Gasteiger charge is -2.53. The van der Waals surface area contributed by atoms with Crippen molar-refractivity contribution >= 4 is 5.91 Å². The van der Waals surface area contributed by atoms with Crippen molar-refractivity contribution in [3.63, 3.8) is 0 Å². The Morgan fingerprint density at radius 1 is 1.06 bits per heavy atom. The minimum atomic E-state index is -0.731. The standard InChI is InChI=1S/C26H38F2N2O2/c1-4-29-15-22(21-11-10-20(27)12-24(21)28)23(16-29)25(31)30-13-17(2)26(32,18(3)14-30)19-8-6-5-7-9-19/h10-12,17-19,22-23,32H,4-9,13-16H2,1-3H3/t17?,18?,22-,23?,26?/m0/s1. The summed E-state index contributed by atoms with van der Waals surface area (Å²) in [6.07, 6.45) is 5.74. The van der Waals surface area contributed by atoms with Gasteiger partial charge in [0.2, 0.25) is 5.91 Å². The van der Waals surface area contributed by atoms with E-state index in [2.05, 4.69) is 18.7 Å². The molecule has 2 saturated heterocycles. The van der Waals surface area contributed by atoms with Crippen molar-refractivity contribution in [3.8, 4) is 0 Å². The van der Waals surface area contributed by atoms with Gasteiger partial charge in [0, 0.05) is 50.0 Å². The lowest BCUT2D eigenvalue weighted by Crippen LogP contribution is -2.62. The Bertz CT molecular complexity index is 814. The summed E-state index contributed by atoms with van der Waals surface area (Å²) in [5.74, 6) is -1.45. The number of carbonyl (C=O) groups excluding carboxylic acids is 1. The average molecular weight is 449 g/mol. The van der Waals surface area contributed by atoms with Crippen molar-refractivity contribution in [1.82, 2.24) is 9.80 Å². The van der Waals surface area contributed by atoms with Crippen LogP contribution in [0.25, 0.3) is 0 Å². The van der Waals surface area contributed by atoms with Crippen LogP contribution in [0.5, 0.6) is 0 Å². The molecule has 1 aliphatic carbocycles. The number of piperidine rings is 1. The third kappa shape index (κ3) is 4.21. The Labute approximate surface area is 191 Å². The Kier molecular flexibility index (Phi) is 6.92. The van der Waals surface area contributed by atoms with E-state index in [0.29, 0.717) is 37.7 Å².